The quantitative estimate of drug-likeness (QED) is 0.465. The van der Waals surface area contributed by atoms with Crippen molar-refractivity contribution < 1.29 is 14.4 Å². The highest BCUT2D eigenvalue weighted by atomic mass is 32.1. The maximum atomic E-state index is 13.7. The van der Waals surface area contributed by atoms with E-state index in [1.807, 2.05) is 74.5 Å². The summed E-state index contributed by atoms with van der Waals surface area (Å²) >= 11 is 4.39. The molecule has 4 nitrogen and oxygen atoms in total. The molecule has 170 valence electrons. The topological polar surface area (TPSA) is 54.5 Å². The molecule has 0 unspecified atom stereocenters. The van der Waals surface area contributed by atoms with Crippen molar-refractivity contribution in [2.75, 3.05) is 6.54 Å². The lowest BCUT2D eigenvalue weighted by molar-refractivity contribution is -0.159. The standard InChI is InChI=1S/C27H33NO3S/c1-5-25(2,3)22(29)23(30)28-19-13-12-18-27(28,24(31)32)26(4,20-14-8-6-9-15-20)21-16-10-7-11-17-21/h6-11,14-17H,5,12-13,18-19H2,1-4H3,(H,31,32)/t27-/m1/s1. The largest absolute Gasteiger partial charge is 0.321 e. The van der Waals surface area contributed by atoms with Gasteiger partial charge in [-0.3, -0.25) is 14.4 Å². The smallest absolute Gasteiger partial charge is 0.291 e. The van der Waals surface area contributed by atoms with Crippen molar-refractivity contribution in [1.29, 1.82) is 0 Å². The first-order chi connectivity index (χ1) is 15.1. The first kappa shape index (κ1) is 24.2. The second kappa shape index (κ2) is 9.22. The fourth-order valence-electron chi connectivity index (χ4n) is 4.97. The molecule has 0 N–H and O–H groups in total. The van der Waals surface area contributed by atoms with Gasteiger partial charge >= 0.3 is 0 Å². The molecule has 1 fully saturated rings. The van der Waals surface area contributed by atoms with Gasteiger partial charge in [-0.1, -0.05) is 81.4 Å². The summed E-state index contributed by atoms with van der Waals surface area (Å²) in [5, 5.41) is -0.386. The monoisotopic (exact) mass is 451 g/mol. The summed E-state index contributed by atoms with van der Waals surface area (Å²) in [6, 6.07) is 19.6. The van der Waals surface area contributed by atoms with E-state index in [4.69, 9.17) is 0 Å². The third kappa shape index (κ3) is 3.81. The van der Waals surface area contributed by atoms with Gasteiger partial charge in [0, 0.05) is 17.4 Å². The van der Waals surface area contributed by atoms with Crippen LogP contribution in [-0.2, 0) is 19.8 Å². The lowest BCUT2D eigenvalue weighted by atomic mass is 9.59. The van der Waals surface area contributed by atoms with Crippen LogP contribution in [0.3, 0.4) is 0 Å². The van der Waals surface area contributed by atoms with Crippen LogP contribution in [0.5, 0.6) is 0 Å². The fourth-order valence-corrected chi connectivity index (χ4v) is 5.42. The zero-order valence-electron chi connectivity index (χ0n) is 19.4. The number of Topliss-reactive ketones (excluding diaryl/α,β-unsaturated/α-hetero) is 1. The lowest BCUT2D eigenvalue weighted by Crippen LogP contribution is -2.69. The van der Waals surface area contributed by atoms with E-state index in [9.17, 15) is 14.4 Å². The van der Waals surface area contributed by atoms with E-state index < -0.39 is 28.1 Å². The van der Waals surface area contributed by atoms with Gasteiger partial charge in [-0.05, 0) is 43.7 Å². The highest BCUT2D eigenvalue weighted by Gasteiger charge is 2.60. The third-order valence-electron chi connectivity index (χ3n) is 7.45. The maximum Gasteiger partial charge on any atom is 0.291 e. The van der Waals surface area contributed by atoms with E-state index in [-0.39, 0.29) is 5.12 Å². The molecule has 3 rings (SSSR count). The van der Waals surface area contributed by atoms with Gasteiger partial charge in [-0.25, -0.2) is 0 Å². The van der Waals surface area contributed by atoms with E-state index in [2.05, 4.69) is 12.6 Å². The molecule has 2 aromatic carbocycles. The van der Waals surface area contributed by atoms with E-state index in [0.717, 1.165) is 24.0 Å². The van der Waals surface area contributed by atoms with Crippen molar-refractivity contribution in [1.82, 2.24) is 4.90 Å². The molecule has 5 heteroatoms. The number of nitrogens with zero attached hydrogens (tertiary/aromatic N) is 1. The van der Waals surface area contributed by atoms with Gasteiger partial charge < -0.3 is 4.90 Å². The van der Waals surface area contributed by atoms with E-state index in [1.54, 1.807) is 18.7 Å². The van der Waals surface area contributed by atoms with Crippen molar-refractivity contribution in [3.05, 3.63) is 71.8 Å². The van der Waals surface area contributed by atoms with Crippen LogP contribution >= 0.6 is 12.6 Å². The minimum Gasteiger partial charge on any atom is -0.321 e. The molecule has 1 aliphatic heterocycles. The Hall–Kier alpha value is -2.40. The molecular weight excluding hydrogens is 418 g/mol. The SMILES string of the molecule is CCC(C)(C)C(=O)C(=O)N1CCCC[C@@]1(C(=O)S)C(C)(c1ccccc1)c1ccccc1. The van der Waals surface area contributed by atoms with Crippen LogP contribution in [0.4, 0.5) is 0 Å². The van der Waals surface area contributed by atoms with Crippen LogP contribution in [0.25, 0.3) is 0 Å². The molecule has 1 saturated heterocycles. The van der Waals surface area contributed by atoms with Gasteiger partial charge in [-0.15, -0.1) is 12.6 Å². The van der Waals surface area contributed by atoms with Crippen LogP contribution in [-0.4, -0.2) is 33.8 Å². The molecule has 0 aromatic heterocycles. The molecule has 1 heterocycles. The number of piperidine rings is 1. The fraction of sp³-hybridized carbons (Fsp3) is 0.444. The number of hydrogen-bond donors (Lipinski definition) is 1. The molecule has 0 bridgehead atoms. The number of ketones is 1. The van der Waals surface area contributed by atoms with E-state index in [1.165, 1.54) is 0 Å². The van der Waals surface area contributed by atoms with Gasteiger partial charge in [-0.2, -0.15) is 0 Å². The normalized spacial score (nSPS) is 19.5. The molecule has 1 aliphatic rings. The number of carbonyl (C=O) groups excluding carboxylic acids is 3. The van der Waals surface area contributed by atoms with Gasteiger partial charge in [0.25, 0.3) is 5.91 Å². The van der Waals surface area contributed by atoms with Crippen molar-refractivity contribution >= 4 is 29.4 Å². The summed E-state index contributed by atoms with van der Waals surface area (Å²) in [5.74, 6) is -1.04. The third-order valence-corrected chi connectivity index (χ3v) is 7.82. The number of amides is 1. The molecule has 32 heavy (non-hydrogen) atoms. The predicted octanol–water partition coefficient (Wildman–Crippen LogP) is 5.21. The van der Waals surface area contributed by atoms with Gasteiger partial charge in [0.2, 0.25) is 10.9 Å². The Morgan fingerprint density at radius 3 is 1.84 bits per heavy atom. The van der Waals surface area contributed by atoms with Gasteiger partial charge in [0.05, 0.1) is 0 Å². The highest BCUT2D eigenvalue weighted by Crippen LogP contribution is 2.50. The van der Waals surface area contributed by atoms with Crippen LogP contribution in [0.15, 0.2) is 60.7 Å². The molecule has 0 spiro atoms. The maximum absolute atomic E-state index is 13.7. The zero-order chi connectivity index (χ0) is 23.6. The number of carbonyl (C=O) groups is 3. The lowest BCUT2D eigenvalue weighted by Gasteiger charge is -2.55. The number of benzene rings is 2. The van der Waals surface area contributed by atoms with Crippen LogP contribution in [0.2, 0.25) is 0 Å². The van der Waals surface area contributed by atoms with Crippen LogP contribution < -0.4 is 0 Å². The Morgan fingerprint density at radius 1 is 0.906 bits per heavy atom. The molecular formula is C27H33NO3S. The highest BCUT2D eigenvalue weighted by molar-refractivity contribution is 7.96. The van der Waals surface area contributed by atoms with Gasteiger partial charge in [0.1, 0.15) is 5.54 Å². The average molecular weight is 452 g/mol. The molecule has 1 amide bonds. The Kier molecular flexibility index (Phi) is 6.99. The predicted molar refractivity (Wildman–Crippen MR) is 131 cm³/mol. The summed E-state index contributed by atoms with van der Waals surface area (Å²) in [7, 11) is 0. The Bertz CT molecular complexity index is 947. The van der Waals surface area contributed by atoms with Crippen LogP contribution in [0.1, 0.15) is 64.5 Å². The molecule has 2 aromatic rings. The van der Waals surface area contributed by atoms with Crippen LogP contribution in [0, 0.1) is 5.41 Å². The molecule has 0 radical (unpaired) electrons. The molecule has 0 aliphatic carbocycles. The number of thiol groups is 1. The Labute approximate surface area is 196 Å². The zero-order valence-corrected chi connectivity index (χ0v) is 20.3. The summed E-state index contributed by atoms with van der Waals surface area (Å²) in [6.07, 6.45) is 2.51. The number of likely N-dealkylation sites (tertiary alicyclic amines) is 1. The molecule has 1 atom stereocenters. The van der Waals surface area contributed by atoms with Crippen molar-refractivity contribution in [2.45, 2.75) is 64.3 Å². The summed E-state index contributed by atoms with van der Waals surface area (Å²) in [4.78, 5) is 42.1. The molecule has 0 saturated carbocycles. The number of hydrogen-bond acceptors (Lipinski definition) is 3. The average Bonchev–Trinajstić information content (AvgIpc) is 2.83. The number of rotatable bonds is 7. The first-order valence-corrected chi connectivity index (χ1v) is 11.8. The Balaban J connectivity index is 2.30. The summed E-state index contributed by atoms with van der Waals surface area (Å²) in [5.41, 5.74) is -1.14. The summed E-state index contributed by atoms with van der Waals surface area (Å²) < 4.78 is 0. The van der Waals surface area contributed by atoms with E-state index >= 15 is 0 Å². The minimum atomic E-state index is -1.28. The van der Waals surface area contributed by atoms with Crippen molar-refractivity contribution in [2.24, 2.45) is 5.41 Å². The Morgan fingerprint density at radius 2 is 1.41 bits per heavy atom. The van der Waals surface area contributed by atoms with E-state index in [0.29, 0.717) is 19.4 Å². The van der Waals surface area contributed by atoms with Crippen molar-refractivity contribution in [3.8, 4) is 0 Å². The summed E-state index contributed by atoms with van der Waals surface area (Å²) in [6.45, 7) is 7.83. The van der Waals surface area contributed by atoms with Gasteiger partial charge in [0.15, 0.2) is 0 Å². The second-order valence-corrected chi connectivity index (χ2v) is 9.91. The minimum absolute atomic E-state index is 0.353. The van der Waals surface area contributed by atoms with Crippen molar-refractivity contribution in [3.63, 3.8) is 0 Å². The first-order valence-electron chi connectivity index (χ1n) is 11.3. The second-order valence-electron chi connectivity index (χ2n) is 9.50.